The third kappa shape index (κ3) is 4.45. The number of aromatic nitrogens is 4. The molecule has 3 aromatic heterocycles. The Labute approximate surface area is 179 Å². The predicted octanol–water partition coefficient (Wildman–Crippen LogP) is 3.70. The monoisotopic (exact) mass is 420 g/mol. The van der Waals surface area contributed by atoms with Crippen molar-refractivity contribution in [1.82, 2.24) is 25.3 Å². The van der Waals surface area contributed by atoms with Gasteiger partial charge >= 0.3 is 6.09 Å². The summed E-state index contributed by atoms with van der Waals surface area (Å²) in [5.74, 6) is 1.63. The van der Waals surface area contributed by atoms with Crippen molar-refractivity contribution in [2.24, 2.45) is 0 Å². The smallest absolute Gasteiger partial charge is 0.405 e. The Bertz CT molecular complexity index is 1180. The topological polar surface area (TPSA) is 149 Å². The maximum absolute atomic E-state index is 11.3. The van der Waals surface area contributed by atoms with Crippen molar-refractivity contribution in [2.75, 3.05) is 17.7 Å². The second-order valence-electron chi connectivity index (χ2n) is 7.82. The number of pyridine rings is 2. The zero-order valence-electron chi connectivity index (χ0n) is 18.0. The number of hydrogen-bond acceptors (Lipinski definition) is 8. The minimum Gasteiger partial charge on any atom is -0.465 e. The van der Waals surface area contributed by atoms with E-state index in [-0.39, 0.29) is 5.92 Å². The average molecular weight is 420 g/mol. The van der Waals surface area contributed by atoms with Gasteiger partial charge < -0.3 is 21.1 Å². The van der Waals surface area contributed by atoms with Crippen molar-refractivity contribution in [1.29, 1.82) is 5.26 Å². The molecular weight excluding hydrogens is 396 g/mol. The first-order chi connectivity index (χ1) is 14.7. The number of fused-ring (bicyclic) bond motifs is 1. The molecule has 0 aliphatic carbocycles. The lowest BCUT2D eigenvalue weighted by molar-refractivity contribution is 0.182. The van der Waals surface area contributed by atoms with Crippen LogP contribution in [0.1, 0.15) is 50.6 Å². The van der Waals surface area contributed by atoms with E-state index in [1.807, 2.05) is 19.9 Å². The fourth-order valence-electron chi connectivity index (χ4n) is 3.32. The fourth-order valence-corrected chi connectivity index (χ4v) is 3.32. The van der Waals surface area contributed by atoms with Crippen molar-refractivity contribution in [3.63, 3.8) is 0 Å². The molecule has 3 aromatic rings. The lowest BCUT2D eigenvalue weighted by Gasteiger charge is -2.27. The number of anilines is 3. The number of rotatable bonds is 6. The van der Waals surface area contributed by atoms with Gasteiger partial charge in [-0.1, -0.05) is 13.8 Å². The van der Waals surface area contributed by atoms with Gasteiger partial charge in [-0.15, -0.1) is 0 Å². The first kappa shape index (κ1) is 21.7. The third-order valence-corrected chi connectivity index (χ3v) is 4.81. The third-order valence-electron chi connectivity index (χ3n) is 4.81. The molecule has 0 atom stereocenters. The maximum Gasteiger partial charge on any atom is 0.405 e. The lowest BCUT2D eigenvalue weighted by Crippen LogP contribution is -2.40. The summed E-state index contributed by atoms with van der Waals surface area (Å²) >= 11 is 0. The van der Waals surface area contributed by atoms with Gasteiger partial charge in [-0.2, -0.15) is 5.26 Å². The highest BCUT2D eigenvalue weighted by Crippen LogP contribution is 2.32. The van der Waals surface area contributed by atoms with Crippen LogP contribution in [0.15, 0.2) is 24.7 Å². The number of amides is 1. The molecule has 0 unspecified atom stereocenters. The average Bonchev–Trinajstić information content (AvgIpc) is 2.71. The summed E-state index contributed by atoms with van der Waals surface area (Å²) in [7, 11) is 1.76. The minimum atomic E-state index is -1.13. The largest absolute Gasteiger partial charge is 0.465 e. The van der Waals surface area contributed by atoms with E-state index in [2.05, 4.69) is 42.0 Å². The number of nitrogens with one attached hydrogen (secondary N) is 3. The summed E-state index contributed by atoms with van der Waals surface area (Å²) in [4.78, 5) is 28.8. The van der Waals surface area contributed by atoms with Crippen molar-refractivity contribution < 1.29 is 9.90 Å². The SMILES string of the molecule is CNc1ncc(C(C)(C)NC(=O)O)c2cc(Nc3cnc(C#N)c(C(C)C)n3)ncc12. The molecule has 0 saturated carbocycles. The zero-order valence-corrected chi connectivity index (χ0v) is 18.0. The summed E-state index contributed by atoms with van der Waals surface area (Å²) in [5, 5.41) is 28.7. The molecule has 10 heteroatoms. The lowest BCUT2D eigenvalue weighted by atomic mass is 9.91. The molecule has 31 heavy (non-hydrogen) atoms. The molecule has 10 nitrogen and oxygen atoms in total. The Kier molecular flexibility index (Phi) is 5.88. The summed E-state index contributed by atoms with van der Waals surface area (Å²) in [6.45, 7) is 7.42. The molecule has 160 valence electrons. The fraction of sp³-hybridized carbons (Fsp3) is 0.333. The van der Waals surface area contributed by atoms with Crippen LogP contribution in [-0.2, 0) is 5.54 Å². The number of carboxylic acid groups (broad SMARTS) is 1. The Morgan fingerprint density at radius 2 is 1.87 bits per heavy atom. The first-order valence-corrected chi connectivity index (χ1v) is 9.68. The van der Waals surface area contributed by atoms with Gasteiger partial charge in [-0.05, 0) is 31.2 Å². The number of hydrogen-bond donors (Lipinski definition) is 4. The molecule has 1 amide bonds. The molecule has 0 aromatic carbocycles. The van der Waals surface area contributed by atoms with Crippen LogP contribution >= 0.6 is 0 Å². The number of carbonyl (C=O) groups is 1. The van der Waals surface area contributed by atoms with Crippen molar-refractivity contribution in [3.8, 4) is 6.07 Å². The highest BCUT2D eigenvalue weighted by Gasteiger charge is 2.26. The summed E-state index contributed by atoms with van der Waals surface area (Å²) in [6.07, 6.45) is 3.67. The van der Waals surface area contributed by atoms with E-state index in [9.17, 15) is 15.2 Å². The molecule has 4 N–H and O–H groups in total. The van der Waals surface area contributed by atoms with E-state index < -0.39 is 11.6 Å². The van der Waals surface area contributed by atoms with Gasteiger partial charge in [-0.3, -0.25) is 0 Å². The Morgan fingerprint density at radius 3 is 2.48 bits per heavy atom. The van der Waals surface area contributed by atoms with Crippen LogP contribution in [0.5, 0.6) is 0 Å². The van der Waals surface area contributed by atoms with Crippen LogP contribution in [0.4, 0.5) is 22.2 Å². The van der Waals surface area contributed by atoms with Crippen LogP contribution in [0.2, 0.25) is 0 Å². The van der Waals surface area contributed by atoms with Crippen molar-refractivity contribution in [2.45, 2.75) is 39.2 Å². The molecule has 0 saturated heterocycles. The first-order valence-electron chi connectivity index (χ1n) is 9.68. The summed E-state index contributed by atoms with van der Waals surface area (Å²) < 4.78 is 0. The second kappa shape index (κ2) is 8.39. The summed E-state index contributed by atoms with van der Waals surface area (Å²) in [6, 6.07) is 3.87. The van der Waals surface area contributed by atoms with Crippen LogP contribution in [0.3, 0.4) is 0 Å². The quantitative estimate of drug-likeness (QED) is 0.468. The highest BCUT2D eigenvalue weighted by molar-refractivity contribution is 5.95. The van der Waals surface area contributed by atoms with Crippen molar-refractivity contribution >= 4 is 34.3 Å². The molecule has 0 bridgehead atoms. The number of nitrogens with zero attached hydrogens (tertiary/aromatic N) is 5. The zero-order chi connectivity index (χ0) is 22.8. The maximum atomic E-state index is 11.3. The highest BCUT2D eigenvalue weighted by atomic mass is 16.4. The Balaban J connectivity index is 2.10. The minimum absolute atomic E-state index is 0.0345. The normalized spacial score (nSPS) is 11.3. The molecule has 0 aliphatic heterocycles. The van der Waals surface area contributed by atoms with Gasteiger partial charge in [0, 0.05) is 30.4 Å². The second-order valence-corrected chi connectivity index (χ2v) is 7.82. The Morgan fingerprint density at radius 1 is 1.13 bits per heavy atom. The number of nitriles is 1. The van der Waals surface area contributed by atoms with E-state index in [4.69, 9.17) is 0 Å². The van der Waals surface area contributed by atoms with Gasteiger partial charge in [0.25, 0.3) is 0 Å². The van der Waals surface area contributed by atoms with Gasteiger partial charge in [-0.25, -0.2) is 24.7 Å². The molecule has 0 fully saturated rings. The van der Waals surface area contributed by atoms with Crippen molar-refractivity contribution in [3.05, 3.63) is 41.6 Å². The molecular formula is C21H24N8O2. The molecule has 0 spiro atoms. The standard InChI is InChI=1S/C21H24N8O2/c1-11(2)18-15(7-22)24-10-17(28-18)27-16-6-12-13(8-25-16)19(23-5)26-9-14(12)21(3,4)29-20(30)31/h6,8-11,29H,1-5H3,(H,23,26)(H,30,31)(H,25,27,28). The van der Waals surface area contributed by atoms with E-state index >= 15 is 0 Å². The van der Waals surface area contributed by atoms with E-state index in [0.29, 0.717) is 34.4 Å². The van der Waals surface area contributed by atoms with Gasteiger partial charge in [0.1, 0.15) is 23.5 Å². The van der Waals surface area contributed by atoms with Crippen LogP contribution in [0.25, 0.3) is 10.8 Å². The van der Waals surface area contributed by atoms with Crippen LogP contribution < -0.4 is 16.0 Å². The van der Waals surface area contributed by atoms with Gasteiger partial charge in [0.2, 0.25) is 0 Å². The van der Waals surface area contributed by atoms with Gasteiger partial charge in [0.15, 0.2) is 5.69 Å². The summed E-state index contributed by atoms with van der Waals surface area (Å²) in [5.41, 5.74) is 0.701. The molecule has 3 heterocycles. The van der Waals surface area contributed by atoms with E-state index in [0.717, 1.165) is 10.8 Å². The van der Waals surface area contributed by atoms with E-state index in [1.165, 1.54) is 6.20 Å². The predicted molar refractivity (Wildman–Crippen MR) is 117 cm³/mol. The van der Waals surface area contributed by atoms with Gasteiger partial charge in [0.05, 0.1) is 17.4 Å². The van der Waals surface area contributed by atoms with Crippen LogP contribution in [-0.4, -0.2) is 38.2 Å². The molecule has 3 rings (SSSR count). The Hall–Kier alpha value is -4.00. The molecule has 0 aliphatic rings. The van der Waals surface area contributed by atoms with Crippen LogP contribution in [0, 0.1) is 11.3 Å². The van der Waals surface area contributed by atoms with E-state index in [1.54, 1.807) is 33.3 Å². The molecule has 0 radical (unpaired) electrons.